The van der Waals surface area contributed by atoms with Crippen molar-refractivity contribution in [2.45, 2.75) is 22.9 Å². The van der Waals surface area contributed by atoms with Gasteiger partial charge in [-0.1, -0.05) is 47.5 Å². The minimum Gasteiger partial charge on any atom is -0.325 e. The molecule has 0 aliphatic rings. The maximum absolute atomic E-state index is 13.5. The second kappa shape index (κ2) is 12.4. The molecule has 4 aromatic carbocycles. The molecule has 226 valence electrons. The third-order valence-corrected chi connectivity index (χ3v) is 10.0. The Hall–Kier alpha value is -3.78. The predicted molar refractivity (Wildman–Crippen MR) is 159 cm³/mol. The van der Waals surface area contributed by atoms with Crippen LogP contribution in [0.5, 0.6) is 0 Å². The summed E-state index contributed by atoms with van der Waals surface area (Å²) in [7, 11) is -8.60. The van der Waals surface area contributed by atoms with Crippen molar-refractivity contribution in [3.05, 3.63) is 112 Å². The minimum absolute atomic E-state index is 0.0927. The van der Waals surface area contributed by atoms with E-state index >= 15 is 0 Å². The molecule has 0 heterocycles. The summed E-state index contributed by atoms with van der Waals surface area (Å²) in [6.07, 6.45) is -4.81. The Bertz CT molecular complexity index is 1870. The molecule has 0 radical (unpaired) electrons. The summed E-state index contributed by atoms with van der Waals surface area (Å²) in [4.78, 5) is 12.6. The number of rotatable bonds is 9. The maximum Gasteiger partial charge on any atom is 0.416 e. The highest BCUT2D eigenvalue weighted by Gasteiger charge is 2.34. The molecule has 0 aromatic heterocycles. The van der Waals surface area contributed by atoms with Crippen molar-refractivity contribution in [2.75, 3.05) is 20.9 Å². The number of hydrogen-bond acceptors (Lipinski definition) is 5. The molecule has 0 aliphatic heterocycles. The molecule has 0 saturated heterocycles. The molecule has 15 heteroatoms. The van der Waals surface area contributed by atoms with E-state index in [2.05, 4.69) is 10.0 Å². The average Bonchev–Trinajstić information content (AvgIpc) is 2.94. The quantitative estimate of drug-likeness (QED) is 0.200. The highest BCUT2D eigenvalue weighted by Crippen LogP contribution is 2.37. The van der Waals surface area contributed by atoms with Crippen LogP contribution < -0.4 is 14.3 Å². The number of halogens is 5. The number of nitrogens with zero attached hydrogens (tertiary/aromatic N) is 1. The highest BCUT2D eigenvalue weighted by molar-refractivity contribution is 7.93. The molecule has 0 unspecified atom stereocenters. The Morgan fingerprint density at radius 2 is 1.47 bits per heavy atom. The van der Waals surface area contributed by atoms with Gasteiger partial charge in [0.2, 0.25) is 5.91 Å². The molecule has 4 aromatic rings. The Kier molecular flexibility index (Phi) is 9.30. The fraction of sp³-hybridized carbons (Fsp3) is 0.107. The number of alkyl halides is 3. The SMILES string of the molecule is Cc1c(Cl)cccc1NS(=O)(=O)c1ccc(NC(=O)CN(c2cc(C(F)(F)F)ccc2Cl)S(=O)(=O)c2ccccc2)cc1. The average molecular weight is 673 g/mol. The van der Waals surface area contributed by atoms with Crippen molar-refractivity contribution in [3.63, 3.8) is 0 Å². The second-order valence-corrected chi connectivity index (χ2v) is 13.4. The molecule has 2 N–H and O–H groups in total. The van der Waals surface area contributed by atoms with E-state index in [1.807, 2.05) is 0 Å². The number of nitrogens with one attached hydrogen (secondary N) is 2. The first-order chi connectivity index (χ1) is 20.1. The predicted octanol–water partition coefficient (Wildman–Crippen LogP) is 6.96. The van der Waals surface area contributed by atoms with E-state index in [0.29, 0.717) is 27.0 Å². The minimum atomic E-state index is -4.81. The van der Waals surface area contributed by atoms with Crippen LogP contribution in [0.2, 0.25) is 10.0 Å². The van der Waals surface area contributed by atoms with Crippen molar-refractivity contribution in [3.8, 4) is 0 Å². The van der Waals surface area contributed by atoms with Gasteiger partial charge in [-0.2, -0.15) is 13.2 Å². The largest absolute Gasteiger partial charge is 0.416 e. The van der Waals surface area contributed by atoms with Crippen molar-refractivity contribution < 1.29 is 34.8 Å². The number of hydrogen-bond donors (Lipinski definition) is 2. The zero-order valence-electron chi connectivity index (χ0n) is 22.1. The van der Waals surface area contributed by atoms with Gasteiger partial charge < -0.3 is 5.32 Å². The highest BCUT2D eigenvalue weighted by atomic mass is 35.5. The van der Waals surface area contributed by atoms with Crippen molar-refractivity contribution in [1.82, 2.24) is 0 Å². The van der Waals surface area contributed by atoms with Crippen LogP contribution in [0.3, 0.4) is 0 Å². The Morgan fingerprint density at radius 3 is 2.09 bits per heavy atom. The summed E-state index contributed by atoms with van der Waals surface area (Å²) in [5, 5.41) is 2.46. The summed E-state index contributed by atoms with van der Waals surface area (Å²) < 4.78 is 96.1. The Labute approximate surface area is 256 Å². The van der Waals surface area contributed by atoms with Crippen LogP contribution in [0.25, 0.3) is 0 Å². The van der Waals surface area contributed by atoms with Crippen LogP contribution in [-0.4, -0.2) is 29.3 Å². The lowest BCUT2D eigenvalue weighted by Crippen LogP contribution is -2.38. The summed E-state index contributed by atoms with van der Waals surface area (Å²) >= 11 is 12.2. The summed E-state index contributed by atoms with van der Waals surface area (Å²) in [5.74, 6) is -0.934. The van der Waals surface area contributed by atoms with E-state index in [1.165, 1.54) is 48.5 Å². The Morgan fingerprint density at radius 1 is 0.814 bits per heavy atom. The normalized spacial score (nSPS) is 12.0. The number of carbonyl (C=O) groups is 1. The van der Waals surface area contributed by atoms with E-state index in [-0.39, 0.29) is 26.2 Å². The van der Waals surface area contributed by atoms with Crippen LogP contribution in [0, 0.1) is 6.92 Å². The van der Waals surface area contributed by atoms with Gasteiger partial charge in [0, 0.05) is 10.7 Å². The summed E-state index contributed by atoms with van der Waals surface area (Å²) in [5.41, 5.74) is -0.835. The zero-order chi connectivity index (χ0) is 31.6. The number of benzene rings is 4. The summed E-state index contributed by atoms with van der Waals surface area (Å²) in [6.45, 7) is 0.695. The topological polar surface area (TPSA) is 113 Å². The van der Waals surface area contributed by atoms with Gasteiger partial charge in [0.1, 0.15) is 6.54 Å². The smallest absolute Gasteiger partial charge is 0.325 e. The van der Waals surface area contributed by atoms with Crippen LogP contribution in [-0.2, 0) is 31.0 Å². The van der Waals surface area contributed by atoms with Gasteiger partial charge in [0.05, 0.1) is 31.8 Å². The maximum atomic E-state index is 13.5. The van der Waals surface area contributed by atoms with Crippen LogP contribution in [0.15, 0.2) is 101 Å². The van der Waals surface area contributed by atoms with E-state index in [4.69, 9.17) is 23.2 Å². The van der Waals surface area contributed by atoms with E-state index in [9.17, 15) is 34.8 Å². The molecular weight excluding hydrogens is 650 g/mol. The molecule has 43 heavy (non-hydrogen) atoms. The number of sulfonamides is 2. The second-order valence-electron chi connectivity index (χ2n) is 9.08. The third kappa shape index (κ3) is 7.42. The number of carbonyl (C=O) groups excluding carboxylic acids is 1. The van der Waals surface area contributed by atoms with Crippen molar-refractivity contribution in [1.29, 1.82) is 0 Å². The zero-order valence-corrected chi connectivity index (χ0v) is 25.2. The molecule has 4 rings (SSSR count). The van der Waals surface area contributed by atoms with Gasteiger partial charge in [0.15, 0.2) is 0 Å². The van der Waals surface area contributed by atoms with Crippen molar-refractivity contribution >= 4 is 66.2 Å². The van der Waals surface area contributed by atoms with Crippen molar-refractivity contribution in [2.24, 2.45) is 0 Å². The van der Waals surface area contributed by atoms with Crippen LogP contribution in [0.1, 0.15) is 11.1 Å². The molecule has 0 fully saturated rings. The molecular formula is C28H22Cl2F3N3O5S2. The fourth-order valence-corrected chi connectivity index (χ4v) is 6.89. The Balaban J connectivity index is 1.60. The standard InChI is InChI=1S/C28H22Cl2F3N3O5S2/c1-18-23(29)8-5-9-25(18)35-42(38,39)21-13-11-20(12-14-21)34-27(37)17-36(43(40,41)22-6-3-2-4-7-22)26-16-19(28(31,32)33)10-15-24(26)30/h2-16,35H,17H2,1H3,(H,34,37). The van der Waals surface area contributed by atoms with Crippen LogP contribution in [0.4, 0.5) is 30.2 Å². The summed E-state index contributed by atoms with van der Waals surface area (Å²) in [6, 6.07) is 18.6. The lowest BCUT2D eigenvalue weighted by Gasteiger charge is -2.26. The van der Waals surface area contributed by atoms with E-state index in [0.717, 1.165) is 6.07 Å². The first-order valence-electron chi connectivity index (χ1n) is 12.2. The van der Waals surface area contributed by atoms with E-state index < -0.39 is 49.9 Å². The molecule has 0 spiro atoms. The van der Waals surface area contributed by atoms with Gasteiger partial charge in [-0.25, -0.2) is 16.8 Å². The third-order valence-electron chi connectivity index (χ3n) is 6.12. The monoisotopic (exact) mass is 671 g/mol. The van der Waals surface area contributed by atoms with Gasteiger partial charge >= 0.3 is 6.18 Å². The lowest BCUT2D eigenvalue weighted by molar-refractivity contribution is -0.137. The van der Waals surface area contributed by atoms with Gasteiger partial charge in [-0.05, 0) is 79.2 Å². The molecule has 0 aliphatic carbocycles. The lowest BCUT2D eigenvalue weighted by atomic mass is 10.2. The first kappa shape index (κ1) is 32.1. The number of amides is 1. The first-order valence-corrected chi connectivity index (χ1v) is 15.9. The van der Waals surface area contributed by atoms with Gasteiger partial charge in [-0.15, -0.1) is 0 Å². The fourth-order valence-electron chi connectivity index (χ4n) is 3.87. The number of anilines is 3. The molecule has 0 bridgehead atoms. The van der Waals surface area contributed by atoms with E-state index in [1.54, 1.807) is 31.2 Å². The molecule has 1 amide bonds. The van der Waals surface area contributed by atoms with Crippen LogP contribution >= 0.6 is 23.2 Å². The van der Waals surface area contributed by atoms with Gasteiger partial charge in [-0.3, -0.25) is 13.8 Å². The molecule has 0 saturated carbocycles. The molecule has 8 nitrogen and oxygen atoms in total. The molecule has 0 atom stereocenters. The van der Waals surface area contributed by atoms with Gasteiger partial charge in [0.25, 0.3) is 20.0 Å².